The SMILES string of the molecule is O=C(COc1ccc2[nH]c(C(=O)N/N=C/c3ccc4[nH]ccc4c3)cc2c1)N/N=C/c1ccc2[nH]ccc2c1. The number of carbonyl (C=O) groups excluding carboxylic acids is 2. The summed E-state index contributed by atoms with van der Waals surface area (Å²) in [6, 6.07) is 22.6. The van der Waals surface area contributed by atoms with Gasteiger partial charge in [0.15, 0.2) is 6.61 Å². The first-order valence-corrected chi connectivity index (χ1v) is 12.2. The Morgan fingerprint density at radius 3 is 2.05 bits per heavy atom. The number of benzene rings is 3. The Bertz CT molecular complexity index is 1880. The highest BCUT2D eigenvalue weighted by Crippen LogP contribution is 2.22. The van der Waals surface area contributed by atoms with Crippen molar-refractivity contribution < 1.29 is 14.3 Å². The average molecular weight is 518 g/mol. The summed E-state index contributed by atoms with van der Waals surface area (Å²) in [5.74, 6) is -0.277. The van der Waals surface area contributed by atoms with Crippen LogP contribution in [0.2, 0.25) is 0 Å². The lowest BCUT2D eigenvalue weighted by Crippen LogP contribution is -2.24. The molecule has 0 aliphatic carbocycles. The molecule has 3 aromatic carbocycles. The van der Waals surface area contributed by atoms with Crippen molar-refractivity contribution >= 4 is 57.0 Å². The fraction of sp³-hybridized carbons (Fsp3) is 0.0345. The molecule has 6 aromatic rings. The van der Waals surface area contributed by atoms with Gasteiger partial charge in [-0.25, -0.2) is 10.9 Å². The monoisotopic (exact) mass is 517 g/mol. The van der Waals surface area contributed by atoms with Crippen LogP contribution >= 0.6 is 0 Å². The maximum absolute atomic E-state index is 12.6. The number of nitrogens with zero attached hydrogens (tertiary/aromatic N) is 2. The molecule has 10 heteroatoms. The fourth-order valence-electron chi connectivity index (χ4n) is 4.21. The summed E-state index contributed by atoms with van der Waals surface area (Å²) in [7, 11) is 0. The van der Waals surface area contributed by atoms with Gasteiger partial charge in [-0.3, -0.25) is 9.59 Å². The van der Waals surface area contributed by atoms with Crippen LogP contribution in [0.4, 0.5) is 0 Å². The molecule has 0 saturated heterocycles. The molecule has 3 aromatic heterocycles. The van der Waals surface area contributed by atoms with E-state index in [1.807, 2.05) is 60.9 Å². The van der Waals surface area contributed by atoms with Crippen LogP contribution in [0.1, 0.15) is 21.6 Å². The van der Waals surface area contributed by atoms with Gasteiger partial charge in [-0.2, -0.15) is 10.2 Å². The summed E-state index contributed by atoms with van der Waals surface area (Å²) < 4.78 is 5.60. The lowest BCUT2D eigenvalue weighted by molar-refractivity contribution is -0.123. The molecular weight excluding hydrogens is 494 g/mol. The second kappa shape index (κ2) is 10.4. The molecule has 0 atom stereocenters. The van der Waals surface area contributed by atoms with E-state index < -0.39 is 5.91 Å². The van der Waals surface area contributed by atoms with Gasteiger partial charge in [-0.1, -0.05) is 12.1 Å². The molecule has 192 valence electrons. The predicted octanol–water partition coefficient (Wildman–Crippen LogP) is 4.42. The number of rotatable bonds is 8. The first kappa shape index (κ1) is 23.7. The van der Waals surface area contributed by atoms with E-state index in [0.717, 1.165) is 43.8 Å². The molecule has 0 fully saturated rings. The van der Waals surface area contributed by atoms with Crippen LogP contribution in [0.15, 0.2) is 95.4 Å². The summed E-state index contributed by atoms with van der Waals surface area (Å²) >= 11 is 0. The highest BCUT2D eigenvalue weighted by molar-refractivity contribution is 5.99. The zero-order valence-electron chi connectivity index (χ0n) is 20.6. The van der Waals surface area contributed by atoms with Crippen LogP contribution in [0.25, 0.3) is 32.7 Å². The molecule has 0 spiro atoms. The van der Waals surface area contributed by atoms with E-state index in [4.69, 9.17) is 4.74 Å². The average Bonchev–Trinajstić information content (AvgIpc) is 3.70. The normalized spacial score (nSPS) is 11.7. The third-order valence-corrected chi connectivity index (χ3v) is 6.14. The molecule has 0 saturated carbocycles. The van der Waals surface area contributed by atoms with Crippen LogP contribution in [0.3, 0.4) is 0 Å². The van der Waals surface area contributed by atoms with Crippen molar-refractivity contribution in [2.75, 3.05) is 6.61 Å². The Morgan fingerprint density at radius 1 is 0.718 bits per heavy atom. The second-order valence-electron chi connectivity index (χ2n) is 8.86. The lowest BCUT2D eigenvalue weighted by Gasteiger charge is -2.05. The van der Waals surface area contributed by atoms with Gasteiger partial charge in [0.25, 0.3) is 11.8 Å². The number of fused-ring (bicyclic) bond motifs is 3. The molecule has 0 radical (unpaired) electrons. The van der Waals surface area contributed by atoms with Crippen molar-refractivity contribution in [3.63, 3.8) is 0 Å². The number of aromatic nitrogens is 3. The van der Waals surface area contributed by atoms with Crippen LogP contribution in [0.5, 0.6) is 5.75 Å². The Hall–Kier alpha value is -5.64. The Morgan fingerprint density at radius 2 is 1.36 bits per heavy atom. The number of hydrogen-bond acceptors (Lipinski definition) is 5. The molecule has 10 nitrogen and oxygen atoms in total. The van der Waals surface area contributed by atoms with E-state index in [9.17, 15) is 9.59 Å². The quantitative estimate of drug-likeness (QED) is 0.151. The number of hydrazone groups is 2. The second-order valence-corrected chi connectivity index (χ2v) is 8.86. The highest BCUT2D eigenvalue weighted by Gasteiger charge is 2.10. The van der Waals surface area contributed by atoms with E-state index in [0.29, 0.717) is 11.4 Å². The van der Waals surface area contributed by atoms with Gasteiger partial charge in [0.2, 0.25) is 0 Å². The molecule has 0 aliphatic rings. The third kappa shape index (κ3) is 5.39. The van der Waals surface area contributed by atoms with Gasteiger partial charge in [0.1, 0.15) is 11.4 Å². The van der Waals surface area contributed by atoms with Crippen molar-refractivity contribution in [2.24, 2.45) is 10.2 Å². The summed E-state index contributed by atoms with van der Waals surface area (Å²) in [5.41, 5.74) is 9.91. The maximum atomic E-state index is 12.6. The fourth-order valence-corrected chi connectivity index (χ4v) is 4.21. The van der Waals surface area contributed by atoms with Crippen LogP contribution < -0.4 is 15.6 Å². The molecule has 3 heterocycles. The van der Waals surface area contributed by atoms with Gasteiger partial charge < -0.3 is 19.7 Å². The lowest BCUT2D eigenvalue weighted by atomic mass is 10.2. The topological polar surface area (TPSA) is 140 Å². The third-order valence-electron chi connectivity index (χ3n) is 6.14. The Kier molecular flexibility index (Phi) is 6.32. The minimum absolute atomic E-state index is 0.208. The number of amides is 2. The molecule has 5 N–H and O–H groups in total. The number of ether oxygens (including phenoxy) is 1. The largest absolute Gasteiger partial charge is 0.484 e. The van der Waals surface area contributed by atoms with Gasteiger partial charge in [-0.05, 0) is 82.6 Å². The maximum Gasteiger partial charge on any atom is 0.287 e. The molecule has 6 rings (SSSR count). The number of H-pyrrole nitrogens is 3. The zero-order chi connectivity index (χ0) is 26.6. The van der Waals surface area contributed by atoms with E-state index in [1.165, 1.54) is 0 Å². The van der Waals surface area contributed by atoms with Crippen LogP contribution in [-0.2, 0) is 4.79 Å². The Labute approximate surface area is 221 Å². The molecule has 0 bridgehead atoms. The van der Waals surface area contributed by atoms with E-state index >= 15 is 0 Å². The van der Waals surface area contributed by atoms with Crippen LogP contribution in [0, 0.1) is 0 Å². The number of carbonyl (C=O) groups is 2. The molecule has 0 aliphatic heterocycles. The minimum Gasteiger partial charge on any atom is -0.484 e. The molecule has 2 amide bonds. The van der Waals surface area contributed by atoms with Crippen LogP contribution in [-0.4, -0.2) is 45.8 Å². The summed E-state index contributed by atoms with van der Waals surface area (Å²) in [5, 5.41) is 10.9. The molecule has 0 unspecified atom stereocenters. The van der Waals surface area contributed by atoms with E-state index in [-0.39, 0.29) is 12.5 Å². The van der Waals surface area contributed by atoms with Crippen molar-refractivity contribution in [1.82, 2.24) is 25.8 Å². The summed E-state index contributed by atoms with van der Waals surface area (Å²) in [4.78, 5) is 34.1. The minimum atomic E-state index is -0.392. The van der Waals surface area contributed by atoms with Crippen molar-refractivity contribution in [3.05, 3.63) is 102 Å². The number of aromatic amines is 3. The van der Waals surface area contributed by atoms with E-state index in [2.05, 4.69) is 36.0 Å². The van der Waals surface area contributed by atoms with Gasteiger partial charge in [0, 0.05) is 34.3 Å². The first-order valence-electron chi connectivity index (χ1n) is 12.2. The van der Waals surface area contributed by atoms with Gasteiger partial charge >= 0.3 is 0 Å². The van der Waals surface area contributed by atoms with Crippen molar-refractivity contribution in [2.45, 2.75) is 0 Å². The molecule has 39 heavy (non-hydrogen) atoms. The van der Waals surface area contributed by atoms with Gasteiger partial charge in [0.05, 0.1) is 12.4 Å². The van der Waals surface area contributed by atoms with Crippen molar-refractivity contribution in [1.29, 1.82) is 0 Å². The number of nitrogens with one attached hydrogen (secondary N) is 5. The number of hydrogen-bond donors (Lipinski definition) is 5. The van der Waals surface area contributed by atoms with Gasteiger partial charge in [-0.15, -0.1) is 0 Å². The van der Waals surface area contributed by atoms with Crippen molar-refractivity contribution in [3.8, 4) is 5.75 Å². The highest BCUT2D eigenvalue weighted by atomic mass is 16.5. The summed E-state index contributed by atoms with van der Waals surface area (Å²) in [6.07, 6.45) is 6.91. The summed E-state index contributed by atoms with van der Waals surface area (Å²) in [6.45, 7) is -0.208. The first-order chi connectivity index (χ1) is 19.1. The smallest absolute Gasteiger partial charge is 0.287 e. The Balaban J connectivity index is 1.02. The zero-order valence-corrected chi connectivity index (χ0v) is 20.6. The molecular formula is C29H23N7O3. The standard InChI is InChI=1S/C29H23N7O3/c37-28(35-32-15-18-1-4-24-20(11-18)7-9-30-24)17-39-23-3-6-26-22(13-23)14-27(34-26)29(38)36-33-16-19-2-5-25-21(12-19)8-10-31-25/h1-16,30-31,34H,17H2,(H,35,37)(H,36,38)/b32-15+,33-16+. The van der Waals surface area contributed by atoms with E-state index in [1.54, 1.807) is 36.7 Å². The predicted molar refractivity (Wildman–Crippen MR) is 151 cm³/mol.